The van der Waals surface area contributed by atoms with Gasteiger partial charge in [0, 0.05) is 25.3 Å². The number of amides is 1. The van der Waals surface area contributed by atoms with Gasteiger partial charge in [-0.25, -0.2) is 0 Å². The first kappa shape index (κ1) is 23.0. The maximum absolute atomic E-state index is 13.8. The Morgan fingerprint density at radius 3 is 2.33 bits per heavy atom. The average molecular weight is 461 g/mol. The lowest BCUT2D eigenvalue weighted by Crippen LogP contribution is -2.42. The lowest BCUT2D eigenvalue weighted by molar-refractivity contribution is -0.132. The van der Waals surface area contributed by atoms with Crippen molar-refractivity contribution in [2.45, 2.75) is 5.60 Å². The number of fused-ring (bicyclic) bond motifs is 2. The van der Waals surface area contributed by atoms with E-state index in [0.29, 0.717) is 49.4 Å². The number of carbonyl (C=O) groups is 1. The molecule has 2 aromatic carbocycles. The van der Waals surface area contributed by atoms with Crippen LogP contribution in [0.3, 0.4) is 0 Å². The van der Waals surface area contributed by atoms with Crippen molar-refractivity contribution in [3.05, 3.63) is 35.4 Å². The topological polar surface area (TPSA) is 116 Å². The molecule has 2 aliphatic rings. The molecule has 4 rings (SSSR count). The number of hydrogen-bond acceptors (Lipinski definition) is 9. The third-order valence-corrected chi connectivity index (χ3v) is 5.67. The molecular weight excluding hydrogens is 434 g/mol. The number of aromatic hydroxyl groups is 1. The number of phenolic OH excluding ortho intramolecular Hbond substituents is 1. The maximum atomic E-state index is 13.8. The molecule has 33 heavy (non-hydrogen) atoms. The molecule has 178 valence electrons. The van der Waals surface area contributed by atoms with Crippen molar-refractivity contribution in [3.8, 4) is 28.7 Å². The van der Waals surface area contributed by atoms with Crippen LogP contribution in [0.5, 0.6) is 28.7 Å². The van der Waals surface area contributed by atoms with Crippen LogP contribution in [0.25, 0.3) is 0 Å². The largest absolute Gasteiger partial charge is 0.507 e. The van der Waals surface area contributed by atoms with Gasteiger partial charge in [-0.3, -0.25) is 4.79 Å². The van der Waals surface area contributed by atoms with E-state index < -0.39 is 11.5 Å². The molecule has 2 N–H and O–H groups in total. The van der Waals surface area contributed by atoms with Gasteiger partial charge in [-0.1, -0.05) is 0 Å². The molecule has 0 aromatic heterocycles. The molecule has 1 atom stereocenters. The van der Waals surface area contributed by atoms with Gasteiger partial charge in [0.1, 0.15) is 30.5 Å². The Morgan fingerprint density at radius 1 is 1.00 bits per heavy atom. The summed E-state index contributed by atoms with van der Waals surface area (Å²) in [6.07, 6.45) is 0. The quantitative estimate of drug-likeness (QED) is 0.535. The number of nitrogens with zero attached hydrogens (tertiary/aromatic N) is 1. The lowest BCUT2D eigenvalue weighted by atomic mass is 9.85. The van der Waals surface area contributed by atoms with Gasteiger partial charge in [0.2, 0.25) is 5.60 Å². The van der Waals surface area contributed by atoms with E-state index in [0.717, 1.165) is 0 Å². The predicted octanol–water partition coefficient (Wildman–Crippen LogP) is 1.43. The van der Waals surface area contributed by atoms with Crippen LogP contribution in [0.15, 0.2) is 24.3 Å². The minimum absolute atomic E-state index is 0.0487. The fraction of sp³-hybridized carbons (Fsp3) is 0.435. The van der Waals surface area contributed by atoms with Crippen molar-refractivity contribution in [1.29, 1.82) is 0 Å². The van der Waals surface area contributed by atoms with Gasteiger partial charge in [0.05, 0.1) is 45.3 Å². The molecule has 2 aromatic rings. The van der Waals surface area contributed by atoms with Gasteiger partial charge in [0.15, 0.2) is 11.5 Å². The molecule has 10 heteroatoms. The number of ether oxygens (including phenoxy) is 6. The zero-order chi connectivity index (χ0) is 23.6. The van der Waals surface area contributed by atoms with Crippen molar-refractivity contribution < 1.29 is 43.4 Å². The predicted molar refractivity (Wildman–Crippen MR) is 117 cm³/mol. The SMILES string of the molecule is COCCOCCN1C(=O)C(O)(c2cc3c(cc2O)OCCO3)c2c(OC)ccc(OC)c21. The Kier molecular flexibility index (Phi) is 6.50. The zero-order valence-corrected chi connectivity index (χ0v) is 18.8. The number of hydrogen-bond donors (Lipinski definition) is 2. The monoisotopic (exact) mass is 461 g/mol. The molecular formula is C23H27NO9. The summed E-state index contributed by atoms with van der Waals surface area (Å²) in [5, 5.41) is 22.8. The summed E-state index contributed by atoms with van der Waals surface area (Å²) < 4.78 is 32.6. The standard InChI is InChI=1S/C23H27NO9/c1-28-8-9-31-7-6-24-21-17(30-3)5-4-16(29-2)20(21)23(27,22(24)26)14-12-18-19(13-15(14)25)33-11-10-32-18/h4-5,12-13,25,27H,6-11H2,1-3H3. The summed E-state index contributed by atoms with van der Waals surface area (Å²) in [5.41, 5.74) is -1.80. The molecule has 0 saturated heterocycles. The fourth-order valence-electron chi connectivity index (χ4n) is 4.14. The Bertz CT molecular complexity index is 1040. The molecule has 0 fully saturated rings. The lowest BCUT2D eigenvalue weighted by Gasteiger charge is -2.27. The minimum atomic E-state index is -2.26. The van der Waals surface area contributed by atoms with E-state index in [1.807, 2.05) is 0 Å². The highest BCUT2D eigenvalue weighted by Crippen LogP contribution is 2.55. The van der Waals surface area contributed by atoms with Crippen LogP contribution in [0.1, 0.15) is 11.1 Å². The highest BCUT2D eigenvalue weighted by atomic mass is 16.6. The summed E-state index contributed by atoms with van der Waals surface area (Å²) in [4.78, 5) is 15.1. The van der Waals surface area contributed by atoms with Crippen LogP contribution in [0.2, 0.25) is 0 Å². The molecule has 0 aliphatic carbocycles. The average Bonchev–Trinajstić information content (AvgIpc) is 3.06. The smallest absolute Gasteiger partial charge is 0.268 e. The van der Waals surface area contributed by atoms with Crippen LogP contribution in [0.4, 0.5) is 5.69 Å². The van der Waals surface area contributed by atoms with Gasteiger partial charge >= 0.3 is 0 Å². The van der Waals surface area contributed by atoms with Crippen LogP contribution in [0, 0.1) is 0 Å². The molecule has 2 heterocycles. The van der Waals surface area contributed by atoms with Gasteiger partial charge in [-0.15, -0.1) is 0 Å². The van der Waals surface area contributed by atoms with Crippen molar-refractivity contribution in [2.75, 3.05) is 65.8 Å². The van der Waals surface area contributed by atoms with E-state index in [4.69, 9.17) is 28.4 Å². The molecule has 10 nitrogen and oxygen atoms in total. The first-order chi connectivity index (χ1) is 16.0. The summed E-state index contributed by atoms with van der Waals surface area (Å²) in [6, 6.07) is 6.00. The van der Waals surface area contributed by atoms with E-state index in [1.165, 1.54) is 31.3 Å². The summed E-state index contributed by atoms with van der Waals surface area (Å²) in [5.74, 6) is 0.285. The number of aliphatic hydroxyl groups is 1. The molecule has 0 radical (unpaired) electrons. The van der Waals surface area contributed by atoms with Crippen LogP contribution in [-0.2, 0) is 19.9 Å². The van der Waals surface area contributed by atoms with E-state index in [1.54, 1.807) is 19.2 Å². The van der Waals surface area contributed by atoms with E-state index >= 15 is 0 Å². The number of anilines is 1. The molecule has 1 unspecified atom stereocenters. The third kappa shape index (κ3) is 3.79. The Morgan fingerprint density at radius 2 is 1.67 bits per heavy atom. The number of rotatable bonds is 9. The molecule has 0 saturated carbocycles. The second-order valence-electron chi connectivity index (χ2n) is 7.48. The molecule has 2 aliphatic heterocycles. The summed E-state index contributed by atoms with van der Waals surface area (Å²) in [6.45, 7) is 1.73. The number of benzene rings is 2. The molecule has 0 bridgehead atoms. The Balaban J connectivity index is 1.84. The Labute approximate surface area is 191 Å². The fourth-order valence-corrected chi connectivity index (χ4v) is 4.14. The third-order valence-electron chi connectivity index (χ3n) is 5.67. The molecule has 0 spiro atoms. The number of carbonyl (C=O) groups excluding carboxylic acids is 1. The van der Waals surface area contributed by atoms with E-state index in [-0.39, 0.29) is 35.8 Å². The maximum Gasteiger partial charge on any atom is 0.268 e. The van der Waals surface area contributed by atoms with Crippen molar-refractivity contribution in [1.82, 2.24) is 0 Å². The van der Waals surface area contributed by atoms with Gasteiger partial charge < -0.3 is 43.5 Å². The van der Waals surface area contributed by atoms with Crippen molar-refractivity contribution in [3.63, 3.8) is 0 Å². The Hall–Kier alpha value is -3.21. The van der Waals surface area contributed by atoms with Crippen LogP contribution < -0.4 is 23.8 Å². The summed E-state index contributed by atoms with van der Waals surface area (Å²) >= 11 is 0. The normalized spacial score (nSPS) is 18.9. The van der Waals surface area contributed by atoms with Gasteiger partial charge in [-0.05, 0) is 18.2 Å². The van der Waals surface area contributed by atoms with Crippen LogP contribution in [-0.4, -0.2) is 77.0 Å². The van der Waals surface area contributed by atoms with Gasteiger partial charge in [0.25, 0.3) is 5.91 Å². The second-order valence-corrected chi connectivity index (χ2v) is 7.48. The van der Waals surface area contributed by atoms with Crippen molar-refractivity contribution >= 4 is 11.6 Å². The molecule has 1 amide bonds. The summed E-state index contributed by atoms with van der Waals surface area (Å²) in [7, 11) is 4.48. The first-order valence-corrected chi connectivity index (χ1v) is 10.5. The van der Waals surface area contributed by atoms with E-state index in [9.17, 15) is 15.0 Å². The second kappa shape index (κ2) is 9.34. The van der Waals surface area contributed by atoms with Gasteiger partial charge in [-0.2, -0.15) is 0 Å². The minimum Gasteiger partial charge on any atom is -0.507 e. The number of phenols is 1. The van der Waals surface area contributed by atoms with E-state index in [2.05, 4.69) is 0 Å². The first-order valence-electron chi connectivity index (χ1n) is 10.5. The highest BCUT2D eigenvalue weighted by Gasteiger charge is 2.56. The number of methoxy groups -OCH3 is 3. The van der Waals surface area contributed by atoms with Crippen LogP contribution >= 0.6 is 0 Å². The highest BCUT2D eigenvalue weighted by molar-refractivity contribution is 6.11. The van der Waals surface area contributed by atoms with Crippen molar-refractivity contribution in [2.24, 2.45) is 0 Å². The zero-order valence-electron chi connectivity index (χ0n) is 18.8.